The Morgan fingerprint density at radius 3 is 2.57 bits per heavy atom. The number of rotatable bonds is 14. The van der Waals surface area contributed by atoms with Crippen LogP contribution in [0.15, 0.2) is 30.5 Å². The molecule has 2 saturated heterocycles. The standard InChI is InChI=1S/C40H51F2N7O5/c1-7-28-31(41)11-10-25-18-27(54-24-51-6)19-29(32(25)28)34-33(42)35-30(20-43-34)36(44-22-39(48(4)5)13-8-14-39)46-37(45-35)53-23-40-15-9-17-49(40)26(12-16-40)21-52-38(50)47(2)3/h10-11,18-20,26H,7-9,12-17,21-24H2,1-6H3,(H,44,45,46)/t26-,40-/m1/s1. The van der Waals surface area contributed by atoms with Crippen LogP contribution in [0.4, 0.5) is 19.4 Å². The third kappa shape index (κ3) is 6.99. The minimum absolute atomic E-state index is 0.0152. The van der Waals surface area contributed by atoms with Gasteiger partial charge in [-0.1, -0.05) is 13.0 Å². The first-order valence-corrected chi connectivity index (χ1v) is 18.9. The number of aromatic nitrogens is 3. The quantitative estimate of drug-likeness (QED) is 0.140. The van der Waals surface area contributed by atoms with Crippen molar-refractivity contribution >= 4 is 33.6 Å². The smallest absolute Gasteiger partial charge is 0.409 e. The highest BCUT2D eigenvalue weighted by Gasteiger charge is 2.50. The number of halogens is 2. The average Bonchev–Trinajstić information content (AvgIpc) is 3.71. The van der Waals surface area contributed by atoms with Crippen molar-refractivity contribution in [3.63, 3.8) is 0 Å². The number of hydrogen-bond acceptors (Lipinski definition) is 11. The molecule has 0 bridgehead atoms. The second kappa shape index (κ2) is 15.4. The third-order valence-corrected chi connectivity index (χ3v) is 11.8. The average molecular weight is 748 g/mol. The summed E-state index contributed by atoms with van der Waals surface area (Å²) in [5.41, 5.74) is 0.584. The normalized spacial score (nSPS) is 20.6. The lowest BCUT2D eigenvalue weighted by atomic mass is 9.75. The number of hydrogen-bond donors (Lipinski definition) is 1. The maximum absolute atomic E-state index is 17.2. The molecule has 3 aliphatic rings. The zero-order chi connectivity index (χ0) is 38.2. The molecule has 1 saturated carbocycles. The summed E-state index contributed by atoms with van der Waals surface area (Å²) >= 11 is 0. The summed E-state index contributed by atoms with van der Waals surface area (Å²) in [5.74, 6) is -0.179. The van der Waals surface area contributed by atoms with Gasteiger partial charge in [0.05, 0.1) is 10.9 Å². The van der Waals surface area contributed by atoms with E-state index < -0.39 is 5.82 Å². The molecule has 4 aromatic rings. The van der Waals surface area contributed by atoms with Crippen molar-refractivity contribution in [2.45, 2.75) is 75.4 Å². The zero-order valence-corrected chi connectivity index (χ0v) is 32.1. The second-order valence-electron chi connectivity index (χ2n) is 15.3. The Balaban J connectivity index is 1.28. The Bertz CT molecular complexity index is 2030. The van der Waals surface area contributed by atoms with Crippen LogP contribution in [0.3, 0.4) is 0 Å². The van der Waals surface area contributed by atoms with Crippen molar-refractivity contribution in [2.24, 2.45) is 0 Å². The fraction of sp³-hybridized carbons (Fsp3) is 0.550. The van der Waals surface area contributed by atoms with Gasteiger partial charge in [-0.25, -0.2) is 13.6 Å². The van der Waals surface area contributed by atoms with E-state index >= 15 is 8.78 Å². The molecule has 12 nitrogen and oxygen atoms in total. The highest BCUT2D eigenvalue weighted by atomic mass is 19.1. The van der Waals surface area contributed by atoms with Crippen molar-refractivity contribution in [1.29, 1.82) is 0 Å². The fourth-order valence-corrected chi connectivity index (χ4v) is 8.55. The Kier molecular flexibility index (Phi) is 10.8. The molecule has 0 radical (unpaired) electrons. The van der Waals surface area contributed by atoms with E-state index in [-0.39, 0.29) is 53.0 Å². The summed E-state index contributed by atoms with van der Waals surface area (Å²) < 4.78 is 55.4. The van der Waals surface area contributed by atoms with Gasteiger partial charge >= 0.3 is 12.1 Å². The van der Waals surface area contributed by atoms with Crippen molar-refractivity contribution in [3.05, 3.63) is 47.7 Å². The Labute approximate surface area is 315 Å². The van der Waals surface area contributed by atoms with Crippen LogP contribution in [0.25, 0.3) is 32.9 Å². The molecule has 2 atom stereocenters. The molecule has 1 N–H and O–H groups in total. The van der Waals surface area contributed by atoms with E-state index in [1.54, 1.807) is 38.5 Å². The van der Waals surface area contributed by atoms with Crippen LogP contribution in [0, 0.1) is 11.6 Å². The van der Waals surface area contributed by atoms with Gasteiger partial charge in [0.25, 0.3) is 0 Å². The number of likely N-dealkylation sites (N-methyl/N-ethyl adjacent to an activating group) is 1. The third-order valence-electron chi connectivity index (χ3n) is 11.8. The first kappa shape index (κ1) is 37.9. The van der Waals surface area contributed by atoms with E-state index in [9.17, 15) is 4.79 Å². The maximum Gasteiger partial charge on any atom is 0.409 e. The molecule has 1 amide bonds. The summed E-state index contributed by atoms with van der Waals surface area (Å²) in [5, 5.41) is 5.18. The molecule has 7 rings (SSSR count). The first-order valence-electron chi connectivity index (χ1n) is 18.9. The van der Waals surface area contributed by atoms with Crippen molar-refractivity contribution in [2.75, 3.05) is 73.7 Å². The molecule has 2 aliphatic heterocycles. The topological polar surface area (TPSA) is 114 Å². The lowest BCUT2D eigenvalue weighted by Crippen LogP contribution is -2.54. The second-order valence-corrected chi connectivity index (χ2v) is 15.3. The highest BCUT2D eigenvalue weighted by molar-refractivity contribution is 6.01. The van der Waals surface area contributed by atoms with Crippen molar-refractivity contribution < 1.29 is 32.5 Å². The van der Waals surface area contributed by atoms with Gasteiger partial charge < -0.3 is 34.1 Å². The van der Waals surface area contributed by atoms with Gasteiger partial charge in [-0.15, -0.1) is 0 Å². The van der Waals surface area contributed by atoms with Gasteiger partial charge in [0.1, 0.15) is 41.8 Å². The number of ether oxygens (including phenoxy) is 4. The lowest BCUT2D eigenvalue weighted by molar-refractivity contribution is 0.0484. The largest absolute Gasteiger partial charge is 0.468 e. The molecular formula is C40H51F2N7O5. The summed E-state index contributed by atoms with van der Waals surface area (Å²) in [7, 11) is 9.01. The van der Waals surface area contributed by atoms with Crippen LogP contribution in [0.1, 0.15) is 57.4 Å². The summed E-state index contributed by atoms with van der Waals surface area (Å²) in [4.78, 5) is 32.4. The summed E-state index contributed by atoms with van der Waals surface area (Å²) in [6, 6.07) is 6.68. The number of carbonyl (C=O) groups is 1. The molecule has 14 heteroatoms. The Morgan fingerprint density at radius 1 is 1.06 bits per heavy atom. The number of nitrogens with one attached hydrogen (secondary N) is 1. The van der Waals surface area contributed by atoms with Crippen LogP contribution in [-0.2, 0) is 15.9 Å². The highest BCUT2D eigenvalue weighted by Crippen LogP contribution is 2.44. The molecule has 2 aromatic heterocycles. The lowest BCUT2D eigenvalue weighted by Gasteiger charge is -2.47. The van der Waals surface area contributed by atoms with Gasteiger partial charge in [0.15, 0.2) is 12.6 Å². The molecule has 3 fully saturated rings. The predicted molar refractivity (Wildman–Crippen MR) is 203 cm³/mol. The number of amides is 1. The number of carbonyl (C=O) groups excluding carboxylic acids is 1. The Hall–Kier alpha value is -4.40. The van der Waals surface area contributed by atoms with Crippen molar-refractivity contribution in [3.8, 4) is 23.0 Å². The number of nitrogens with zero attached hydrogens (tertiary/aromatic N) is 6. The van der Waals surface area contributed by atoms with Gasteiger partial charge in [0.2, 0.25) is 0 Å². The number of benzene rings is 2. The SMILES string of the molecule is CCc1c(F)ccc2cc(OCOC)cc(-c3ncc4c(NCC5(N(C)C)CCC5)nc(OC[C@]56CCCN5[C@@H](COC(=O)N(C)C)CC6)nc4c3F)c12. The van der Waals surface area contributed by atoms with Crippen LogP contribution in [-0.4, -0.2) is 121 Å². The molecule has 2 aromatic carbocycles. The van der Waals surface area contributed by atoms with Gasteiger partial charge in [0, 0.05) is 51.1 Å². The minimum Gasteiger partial charge on any atom is -0.468 e. The maximum atomic E-state index is 17.2. The van der Waals surface area contributed by atoms with E-state index in [2.05, 4.69) is 34.2 Å². The molecule has 1 aliphatic carbocycles. The number of fused-ring (bicyclic) bond motifs is 3. The molecule has 0 spiro atoms. The van der Waals surface area contributed by atoms with Crippen LogP contribution >= 0.6 is 0 Å². The van der Waals surface area contributed by atoms with E-state index in [1.165, 1.54) is 18.1 Å². The zero-order valence-electron chi connectivity index (χ0n) is 32.1. The first-order chi connectivity index (χ1) is 26.0. The minimum atomic E-state index is -0.672. The molecular weight excluding hydrogens is 696 g/mol. The predicted octanol–water partition coefficient (Wildman–Crippen LogP) is 6.64. The molecule has 4 heterocycles. The fourth-order valence-electron chi connectivity index (χ4n) is 8.55. The number of methoxy groups -OCH3 is 1. The number of pyridine rings is 1. The van der Waals surface area contributed by atoms with Gasteiger partial charge in [-0.05, 0) is 107 Å². The Morgan fingerprint density at radius 2 is 1.87 bits per heavy atom. The molecule has 0 unspecified atom stereocenters. The van der Waals surface area contributed by atoms with Crippen LogP contribution < -0.4 is 14.8 Å². The van der Waals surface area contributed by atoms with E-state index in [0.717, 1.165) is 51.5 Å². The van der Waals surface area contributed by atoms with Crippen LogP contribution in [0.5, 0.6) is 11.8 Å². The van der Waals surface area contributed by atoms with Gasteiger partial charge in [-0.3, -0.25) is 9.88 Å². The monoisotopic (exact) mass is 747 g/mol. The summed E-state index contributed by atoms with van der Waals surface area (Å²) in [6.07, 6.45) is 8.45. The van der Waals surface area contributed by atoms with E-state index in [1.807, 2.05) is 6.92 Å². The van der Waals surface area contributed by atoms with Crippen LogP contribution in [0.2, 0.25) is 0 Å². The number of anilines is 1. The number of aryl methyl sites for hydroxylation is 1. The van der Waals surface area contributed by atoms with Gasteiger partial charge in [-0.2, -0.15) is 9.97 Å². The molecule has 54 heavy (non-hydrogen) atoms. The summed E-state index contributed by atoms with van der Waals surface area (Å²) in [6.45, 7) is 3.94. The molecule has 290 valence electrons. The van der Waals surface area contributed by atoms with E-state index in [4.69, 9.17) is 28.9 Å². The van der Waals surface area contributed by atoms with E-state index in [0.29, 0.717) is 65.0 Å². The van der Waals surface area contributed by atoms with Crippen molar-refractivity contribution in [1.82, 2.24) is 29.7 Å².